The zero-order chi connectivity index (χ0) is 9.14. The second-order valence-electron chi connectivity index (χ2n) is 2.22. The Morgan fingerprint density at radius 1 is 1.50 bits per heavy atom. The van der Waals surface area contributed by atoms with E-state index in [1.165, 1.54) is 6.07 Å². The van der Waals surface area contributed by atoms with Crippen molar-refractivity contribution in [2.24, 2.45) is 0 Å². The standard InChI is InChI=1S/C8H6BrFO2/c9-6-4-2-1-3-5(6)7(10)8(11)12/h1-4,7H,(H,11,12)/t7-/m0/s1. The highest BCUT2D eigenvalue weighted by atomic mass is 79.9. The van der Waals surface area contributed by atoms with Crippen molar-refractivity contribution in [3.05, 3.63) is 34.3 Å². The van der Waals surface area contributed by atoms with Crippen molar-refractivity contribution in [1.29, 1.82) is 0 Å². The molecule has 2 nitrogen and oxygen atoms in total. The van der Waals surface area contributed by atoms with E-state index >= 15 is 0 Å². The molecule has 1 rings (SSSR count). The summed E-state index contributed by atoms with van der Waals surface area (Å²) in [5.74, 6) is -1.47. The van der Waals surface area contributed by atoms with Crippen LogP contribution in [0.2, 0.25) is 0 Å². The number of benzene rings is 1. The summed E-state index contributed by atoms with van der Waals surface area (Å²) in [7, 11) is 0. The summed E-state index contributed by atoms with van der Waals surface area (Å²) in [5.41, 5.74) is 0.144. The Labute approximate surface area is 77.2 Å². The first-order valence-electron chi connectivity index (χ1n) is 3.24. The van der Waals surface area contributed by atoms with Gasteiger partial charge in [-0.25, -0.2) is 9.18 Å². The van der Waals surface area contributed by atoms with Gasteiger partial charge in [-0.2, -0.15) is 0 Å². The van der Waals surface area contributed by atoms with Crippen LogP contribution in [0.5, 0.6) is 0 Å². The molecule has 0 fully saturated rings. The minimum Gasteiger partial charge on any atom is -0.479 e. The molecule has 0 heterocycles. The number of carbonyl (C=O) groups is 1. The fraction of sp³-hybridized carbons (Fsp3) is 0.125. The van der Waals surface area contributed by atoms with Crippen LogP contribution in [-0.2, 0) is 4.79 Å². The lowest BCUT2D eigenvalue weighted by molar-refractivity contribution is -0.143. The molecule has 4 heteroatoms. The van der Waals surface area contributed by atoms with Crippen LogP contribution in [-0.4, -0.2) is 11.1 Å². The zero-order valence-electron chi connectivity index (χ0n) is 6.00. The average molecular weight is 233 g/mol. The number of hydrogen-bond acceptors (Lipinski definition) is 1. The normalized spacial score (nSPS) is 12.5. The summed E-state index contributed by atoms with van der Waals surface area (Å²) >= 11 is 3.06. The SMILES string of the molecule is O=C(O)[C@@H](F)c1ccccc1Br. The number of rotatable bonds is 2. The number of alkyl halides is 1. The predicted octanol–water partition coefficient (Wildman–Crippen LogP) is 2.54. The molecule has 0 saturated carbocycles. The molecule has 64 valence electrons. The van der Waals surface area contributed by atoms with Crippen molar-refractivity contribution in [1.82, 2.24) is 0 Å². The van der Waals surface area contributed by atoms with E-state index in [2.05, 4.69) is 15.9 Å². The molecule has 0 saturated heterocycles. The zero-order valence-corrected chi connectivity index (χ0v) is 7.58. The Morgan fingerprint density at radius 3 is 2.58 bits per heavy atom. The summed E-state index contributed by atoms with van der Waals surface area (Å²) in [4.78, 5) is 10.3. The third-order valence-electron chi connectivity index (χ3n) is 1.40. The Hall–Kier alpha value is -0.900. The van der Waals surface area contributed by atoms with Gasteiger partial charge in [0, 0.05) is 10.0 Å². The molecule has 0 radical (unpaired) electrons. The van der Waals surface area contributed by atoms with Crippen molar-refractivity contribution < 1.29 is 14.3 Å². The van der Waals surface area contributed by atoms with Crippen LogP contribution in [0.25, 0.3) is 0 Å². The van der Waals surface area contributed by atoms with Gasteiger partial charge >= 0.3 is 5.97 Å². The maximum atomic E-state index is 12.9. The summed E-state index contributed by atoms with van der Waals surface area (Å²) < 4.78 is 13.4. The maximum absolute atomic E-state index is 12.9. The first kappa shape index (κ1) is 9.19. The Morgan fingerprint density at radius 2 is 2.08 bits per heavy atom. The van der Waals surface area contributed by atoms with Crippen molar-refractivity contribution in [2.45, 2.75) is 6.17 Å². The molecule has 1 atom stereocenters. The molecule has 0 bridgehead atoms. The number of carboxylic acids is 1. The van der Waals surface area contributed by atoms with Crippen molar-refractivity contribution >= 4 is 21.9 Å². The Bertz CT molecular complexity index is 301. The molecular weight excluding hydrogens is 227 g/mol. The van der Waals surface area contributed by atoms with Crippen LogP contribution in [0.15, 0.2) is 28.7 Å². The van der Waals surface area contributed by atoms with Crippen molar-refractivity contribution in [2.75, 3.05) is 0 Å². The van der Waals surface area contributed by atoms with Gasteiger partial charge in [0.1, 0.15) is 0 Å². The number of aliphatic carboxylic acids is 1. The van der Waals surface area contributed by atoms with Crippen LogP contribution >= 0.6 is 15.9 Å². The molecule has 1 aromatic carbocycles. The monoisotopic (exact) mass is 232 g/mol. The molecule has 0 aliphatic heterocycles. The molecule has 0 spiro atoms. The lowest BCUT2D eigenvalue weighted by atomic mass is 10.1. The van der Waals surface area contributed by atoms with Gasteiger partial charge < -0.3 is 5.11 Å². The summed E-state index contributed by atoms with van der Waals surface area (Å²) in [6.45, 7) is 0. The van der Waals surface area contributed by atoms with Gasteiger partial charge in [-0.1, -0.05) is 34.1 Å². The second kappa shape index (κ2) is 3.67. The highest BCUT2D eigenvalue weighted by Crippen LogP contribution is 2.25. The molecule has 0 unspecified atom stereocenters. The summed E-state index contributed by atoms with van der Waals surface area (Å²) in [6.07, 6.45) is -1.96. The molecule has 0 amide bonds. The van der Waals surface area contributed by atoms with E-state index in [0.29, 0.717) is 4.47 Å². The highest BCUT2D eigenvalue weighted by molar-refractivity contribution is 9.10. The smallest absolute Gasteiger partial charge is 0.343 e. The number of halogens is 2. The van der Waals surface area contributed by atoms with Gasteiger partial charge in [0.25, 0.3) is 0 Å². The first-order valence-corrected chi connectivity index (χ1v) is 4.03. The van der Waals surface area contributed by atoms with Gasteiger partial charge in [-0.15, -0.1) is 0 Å². The van der Waals surface area contributed by atoms with Crippen LogP contribution in [0.3, 0.4) is 0 Å². The quantitative estimate of drug-likeness (QED) is 0.852. The fourth-order valence-electron chi connectivity index (χ4n) is 0.814. The Balaban J connectivity index is 3.02. The molecule has 0 aromatic heterocycles. The van der Waals surface area contributed by atoms with E-state index in [1.807, 2.05) is 0 Å². The van der Waals surface area contributed by atoms with E-state index in [1.54, 1.807) is 18.2 Å². The van der Waals surface area contributed by atoms with Crippen LogP contribution in [0.1, 0.15) is 11.7 Å². The highest BCUT2D eigenvalue weighted by Gasteiger charge is 2.19. The lowest BCUT2D eigenvalue weighted by Gasteiger charge is -2.04. The third-order valence-corrected chi connectivity index (χ3v) is 2.12. The second-order valence-corrected chi connectivity index (χ2v) is 3.08. The van der Waals surface area contributed by atoms with E-state index in [0.717, 1.165) is 0 Å². The number of carboxylic acid groups (broad SMARTS) is 1. The predicted molar refractivity (Wildman–Crippen MR) is 45.6 cm³/mol. The van der Waals surface area contributed by atoms with Crippen LogP contribution in [0.4, 0.5) is 4.39 Å². The van der Waals surface area contributed by atoms with E-state index in [4.69, 9.17) is 5.11 Å². The van der Waals surface area contributed by atoms with E-state index in [-0.39, 0.29) is 5.56 Å². The van der Waals surface area contributed by atoms with Crippen LogP contribution < -0.4 is 0 Å². The van der Waals surface area contributed by atoms with E-state index < -0.39 is 12.1 Å². The lowest BCUT2D eigenvalue weighted by Crippen LogP contribution is -2.06. The first-order chi connectivity index (χ1) is 5.63. The molecule has 0 aliphatic carbocycles. The maximum Gasteiger partial charge on any atom is 0.343 e. The van der Waals surface area contributed by atoms with Crippen molar-refractivity contribution in [3.63, 3.8) is 0 Å². The van der Waals surface area contributed by atoms with Gasteiger partial charge in [0.05, 0.1) is 0 Å². The molecule has 1 N–H and O–H groups in total. The molecule has 1 aromatic rings. The third kappa shape index (κ3) is 1.82. The molecule has 12 heavy (non-hydrogen) atoms. The minimum atomic E-state index is -1.96. The van der Waals surface area contributed by atoms with Gasteiger partial charge in [-0.3, -0.25) is 0 Å². The summed E-state index contributed by atoms with van der Waals surface area (Å²) in [6, 6.07) is 6.32. The molecule has 0 aliphatic rings. The summed E-state index contributed by atoms with van der Waals surface area (Å²) in [5, 5.41) is 8.36. The topological polar surface area (TPSA) is 37.3 Å². The number of hydrogen-bond donors (Lipinski definition) is 1. The van der Waals surface area contributed by atoms with Gasteiger partial charge in [-0.05, 0) is 6.07 Å². The van der Waals surface area contributed by atoms with Crippen LogP contribution in [0, 0.1) is 0 Å². The van der Waals surface area contributed by atoms with Crippen molar-refractivity contribution in [3.8, 4) is 0 Å². The largest absolute Gasteiger partial charge is 0.479 e. The van der Waals surface area contributed by atoms with Gasteiger partial charge in [0.2, 0.25) is 6.17 Å². The van der Waals surface area contributed by atoms with E-state index in [9.17, 15) is 9.18 Å². The minimum absolute atomic E-state index is 0.144. The fourth-order valence-corrected chi connectivity index (χ4v) is 1.30. The Kier molecular flexibility index (Phi) is 2.81. The molecular formula is C8H6BrFO2. The average Bonchev–Trinajstić information content (AvgIpc) is 2.04. The van der Waals surface area contributed by atoms with Gasteiger partial charge in [0.15, 0.2) is 0 Å².